The van der Waals surface area contributed by atoms with E-state index in [9.17, 15) is 4.79 Å². The monoisotopic (exact) mass is 205 g/mol. The molecular weight excluding hydrogens is 194 g/mol. The van der Waals surface area contributed by atoms with E-state index in [0.29, 0.717) is 6.54 Å². The molecule has 1 N–H and O–H groups in total. The Morgan fingerprint density at radius 3 is 3.20 bits per heavy atom. The van der Waals surface area contributed by atoms with Gasteiger partial charge < -0.3 is 4.90 Å². The Balaban J connectivity index is 2.15. The van der Waals surface area contributed by atoms with Gasteiger partial charge in [-0.3, -0.25) is 4.79 Å². The van der Waals surface area contributed by atoms with Crippen LogP contribution in [0.2, 0.25) is 0 Å². The number of aromatic amines is 1. The molecule has 0 aromatic carbocycles. The van der Waals surface area contributed by atoms with E-state index in [1.54, 1.807) is 4.90 Å². The first-order valence-corrected chi connectivity index (χ1v) is 4.89. The van der Waals surface area contributed by atoms with Gasteiger partial charge in [-0.15, -0.1) is 0 Å². The standard InChI is InChI=1S/C9H11N5O/c10-5-7-3-1-2-4-14(7)9(15)8-6-11-13-12-8/h6-7H,1-4H2,(H,11,12,13). The maximum Gasteiger partial charge on any atom is 0.277 e. The van der Waals surface area contributed by atoms with Crippen LogP contribution in [0, 0.1) is 11.3 Å². The van der Waals surface area contributed by atoms with Crippen LogP contribution in [0.1, 0.15) is 29.8 Å². The first-order valence-electron chi connectivity index (χ1n) is 4.89. The van der Waals surface area contributed by atoms with Gasteiger partial charge in [0.15, 0.2) is 5.69 Å². The van der Waals surface area contributed by atoms with Gasteiger partial charge in [-0.05, 0) is 19.3 Å². The summed E-state index contributed by atoms with van der Waals surface area (Å²) in [6.45, 7) is 0.629. The molecule has 1 aliphatic rings. The summed E-state index contributed by atoms with van der Waals surface area (Å²) in [6, 6.07) is 1.83. The van der Waals surface area contributed by atoms with Crippen molar-refractivity contribution in [2.45, 2.75) is 25.3 Å². The molecule has 6 nitrogen and oxygen atoms in total. The van der Waals surface area contributed by atoms with E-state index in [4.69, 9.17) is 5.26 Å². The smallest absolute Gasteiger partial charge is 0.277 e. The van der Waals surface area contributed by atoms with Gasteiger partial charge in [-0.1, -0.05) is 0 Å². The molecule has 1 atom stereocenters. The van der Waals surface area contributed by atoms with E-state index >= 15 is 0 Å². The Morgan fingerprint density at radius 1 is 1.67 bits per heavy atom. The number of nitrogens with one attached hydrogen (secondary N) is 1. The number of piperidine rings is 1. The Bertz CT molecular complexity index is 380. The van der Waals surface area contributed by atoms with E-state index in [1.807, 2.05) is 0 Å². The molecule has 1 saturated heterocycles. The van der Waals surface area contributed by atoms with E-state index in [0.717, 1.165) is 19.3 Å². The average Bonchev–Trinajstić information content (AvgIpc) is 2.81. The fourth-order valence-corrected chi connectivity index (χ4v) is 1.76. The largest absolute Gasteiger partial charge is 0.321 e. The third kappa shape index (κ3) is 1.81. The lowest BCUT2D eigenvalue weighted by Gasteiger charge is -2.30. The number of H-pyrrole nitrogens is 1. The minimum Gasteiger partial charge on any atom is -0.321 e. The van der Waals surface area contributed by atoms with Crippen molar-refractivity contribution >= 4 is 5.91 Å². The Morgan fingerprint density at radius 2 is 2.53 bits per heavy atom. The number of amides is 1. The number of carbonyl (C=O) groups excluding carboxylic acids is 1. The van der Waals surface area contributed by atoms with Crippen molar-refractivity contribution in [1.82, 2.24) is 20.3 Å². The second kappa shape index (κ2) is 4.09. The zero-order valence-corrected chi connectivity index (χ0v) is 8.18. The highest BCUT2D eigenvalue weighted by molar-refractivity contribution is 5.92. The molecule has 1 amide bonds. The first-order chi connectivity index (χ1) is 7.33. The van der Waals surface area contributed by atoms with Gasteiger partial charge in [0.05, 0.1) is 12.3 Å². The van der Waals surface area contributed by atoms with Gasteiger partial charge in [0.1, 0.15) is 6.04 Å². The quantitative estimate of drug-likeness (QED) is 0.715. The molecule has 0 aliphatic carbocycles. The molecule has 2 rings (SSSR count). The normalized spacial score (nSPS) is 21.0. The van der Waals surface area contributed by atoms with Gasteiger partial charge in [-0.25, -0.2) is 0 Å². The highest BCUT2D eigenvalue weighted by atomic mass is 16.2. The van der Waals surface area contributed by atoms with Gasteiger partial charge in [0, 0.05) is 6.54 Å². The minimum atomic E-state index is -0.317. The summed E-state index contributed by atoms with van der Waals surface area (Å²) in [5.41, 5.74) is 0.275. The number of likely N-dealkylation sites (tertiary alicyclic amines) is 1. The van der Waals surface area contributed by atoms with Crippen molar-refractivity contribution < 1.29 is 4.79 Å². The fourth-order valence-electron chi connectivity index (χ4n) is 1.76. The SMILES string of the molecule is N#CC1CCCCN1C(=O)c1cn[nH]n1. The van der Waals surface area contributed by atoms with Crippen LogP contribution < -0.4 is 0 Å². The lowest BCUT2D eigenvalue weighted by molar-refractivity contribution is 0.0664. The summed E-state index contributed by atoms with van der Waals surface area (Å²) < 4.78 is 0. The van der Waals surface area contributed by atoms with Crippen LogP contribution in [0.3, 0.4) is 0 Å². The fraction of sp³-hybridized carbons (Fsp3) is 0.556. The Kier molecular flexibility index (Phi) is 2.63. The topological polar surface area (TPSA) is 85.7 Å². The zero-order valence-electron chi connectivity index (χ0n) is 8.18. The molecule has 0 bridgehead atoms. The van der Waals surface area contributed by atoms with Crippen LogP contribution in [0.4, 0.5) is 0 Å². The van der Waals surface area contributed by atoms with Gasteiger partial charge in [-0.2, -0.15) is 20.7 Å². The van der Waals surface area contributed by atoms with Crippen molar-refractivity contribution in [2.24, 2.45) is 0 Å². The van der Waals surface area contributed by atoms with Gasteiger partial charge in [0.25, 0.3) is 5.91 Å². The van der Waals surface area contributed by atoms with E-state index < -0.39 is 0 Å². The van der Waals surface area contributed by atoms with E-state index in [2.05, 4.69) is 21.5 Å². The van der Waals surface area contributed by atoms with Crippen LogP contribution in [0.25, 0.3) is 0 Å². The molecule has 1 unspecified atom stereocenters. The van der Waals surface area contributed by atoms with Crippen molar-refractivity contribution in [3.8, 4) is 6.07 Å². The van der Waals surface area contributed by atoms with Crippen molar-refractivity contribution in [1.29, 1.82) is 5.26 Å². The molecule has 1 aromatic heterocycles. The Hall–Kier alpha value is -1.90. The molecule has 1 fully saturated rings. The number of nitrogens with zero attached hydrogens (tertiary/aromatic N) is 4. The highest BCUT2D eigenvalue weighted by Gasteiger charge is 2.28. The number of rotatable bonds is 1. The molecule has 0 radical (unpaired) electrons. The molecular formula is C9H11N5O. The lowest BCUT2D eigenvalue weighted by Crippen LogP contribution is -2.43. The number of aromatic nitrogens is 3. The summed E-state index contributed by atoms with van der Waals surface area (Å²) in [5.74, 6) is -0.213. The third-order valence-electron chi connectivity index (χ3n) is 2.55. The van der Waals surface area contributed by atoms with Crippen molar-refractivity contribution in [3.05, 3.63) is 11.9 Å². The van der Waals surface area contributed by atoms with Gasteiger partial charge in [0.2, 0.25) is 0 Å². The molecule has 15 heavy (non-hydrogen) atoms. The molecule has 1 aromatic rings. The number of hydrogen-bond donors (Lipinski definition) is 1. The minimum absolute atomic E-state index is 0.213. The Labute approximate surface area is 86.9 Å². The summed E-state index contributed by atoms with van der Waals surface area (Å²) >= 11 is 0. The second-order valence-electron chi connectivity index (χ2n) is 3.49. The molecule has 0 saturated carbocycles. The number of hydrogen-bond acceptors (Lipinski definition) is 4. The lowest BCUT2D eigenvalue weighted by atomic mass is 10.0. The summed E-state index contributed by atoms with van der Waals surface area (Å²) in [7, 11) is 0. The summed E-state index contributed by atoms with van der Waals surface area (Å²) in [4.78, 5) is 13.5. The third-order valence-corrected chi connectivity index (χ3v) is 2.55. The molecule has 1 aliphatic heterocycles. The van der Waals surface area contributed by atoms with Crippen molar-refractivity contribution in [3.63, 3.8) is 0 Å². The molecule has 2 heterocycles. The van der Waals surface area contributed by atoms with Crippen LogP contribution in [-0.4, -0.2) is 38.8 Å². The maximum absolute atomic E-state index is 11.9. The highest BCUT2D eigenvalue weighted by Crippen LogP contribution is 2.18. The van der Waals surface area contributed by atoms with Crippen LogP contribution >= 0.6 is 0 Å². The van der Waals surface area contributed by atoms with Crippen LogP contribution in [0.15, 0.2) is 6.20 Å². The average molecular weight is 205 g/mol. The number of carbonyl (C=O) groups is 1. The molecule has 78 valence electrons. The van der Waals surface area contributed by atoms with Crippen LogP contribution in [-0.2, 0) is 0 Å². The molecule has 6 heteroatoms. The first kappa shape index (κ1) is 9.65. The molecule has 0 spiro atoms. The predicted octanol–water partition coefficient (Wildman–Crippen LogP) is 0.323. The van der Waals surface area contributed by atoms with E-state index in [1.165, 1.54) is 6.20 Å². The van der Waals surface area contributed by atoms with Gasteiger partial charge >= 0.3 is 0 Å². The summed E-state index contributed by atoms with van der Waals surface area (Å²) in [5, 5.41) is 18.6. The van der Waals surface area contributed by atoms with Crippen LogP contribution in [0.5, 0.6) is 0 Å². The second-order valence-corrected chi connectivity index (χ2v) is 3.49. The number of nitriles is 1. The zero-order chi connectivity index (χ0) is 10.7. The maximum atomic E-state index is 11.9. The van der Waals surface area contributed by atoms with Crippen molar-refractivity contribution in [2.75, 3.05) is 6.54 Å². The van der Waals surface area contributed by atoms with E-state index in [-0.39, 0.29) is 17.6 Å². The predicted molar refractivity (Wildman–Crippen MR) is 50.7 cm³/mol. The summed E-state index contributed by atoms with van der Waals surface area (Å²) in [6.07, 6.45) is 4.08.